The highest BCUT2D eigenvalue weighted by atomic mass is 32.1. The summed E-state index contributed by atoms with van der Waals surface area (Å²) in [5.74, 6) is -0.370. The topological polar surface area (TPSA) is 95.9 Å². The van der Waals surface area contributed by atoms with Gasteiger partial charge in [0.2, 0.25) is 5.91 Å². The average molecular weight is 483 g/mol. The van der Waals surface area contributed by atoms with Crippen molar-refractivity contribution in [2.75, 3.05) is 5.32 Å². The highest BCUT2D eigenvalue weighted by Crippen LogP contribution is 2.18. The Morgan fingerprint density at radius 2 is 1.97 bits per heavy atom. The second-order valence-electron chi connectivity index (χ2n) is 7.40. The first-order valence-electron chi connectivity index (χ1n) is 10.2. The maximum absolute atomic E-state index is 13.0. The van der Waals surface area contributed by atoms with E-state index in [0.717, 1.165) is 0 Å². The van der Waals surface area contributed by atoms with Crippen molar-refractivity contribution in [1.29, 1.82) is 0 Å². The summed E-state index contributed by atoms with van der Waals surface area (Å²) in [7, 11) is 1.76. The van der Waals surface area contributed by atoms with Crippen molar-refractivity contribution in [3.05, 3.63) is 79.7 Å². The number of nitrogens with one attached hydrogen (secondary N) is 1. The lowest BCUT2D eigenvalue weighted by Crippen LogP contribution is -2.25. The van der Waals surface area contributed by atoms with Crippen LogP contribution in [0.1, 0.15) is 12.1 Å². The summed E-state index contributed by atoms with van der Waals surface area (Å²) in [4.78, 5) is 42.8. The molecule has 1 N–H and O–H groups in total. The van der Waals surface area contributed by atoms with Crippen LogP contribution in [0.2, 0.25) is 0 Å². The molecule has 3 heterocycles. The Labute approximate surface area is 197 Å². The summed E-state index contributed by atoms with van der Waals surface area (Å²) in [5, 5.41) is 2.71. The van der Waals surface area contributed by atoms with Gasteiger partial charge in [0, 0.05) is 26.6 Å². The molecule has 1 aromatic carbocycles. The smallest absolute Gasteiger partial charge is 0.295 e. The van der Waals surface area contributed by atoms with Crippen LogP contribution in [-0.2, 0) is 24.9 Å². The third kappa shape index (κ3) is 4.12. The average Bonchev–Trinajstić information content (AvgIpc) is 3.23. The molecule has 0 unspecified atom stereocenters. The lowest BCUT2D eigenvalue weighted by molar-refractivity contribution is -0.116. The predicted molar refractivity (Wildman–Crippen MR) is 132 cm³/mol. The van der Waals surface area contributed by atoms with Gasteiger partial charge in [-0.1, -0.05) is 35.6 Å². The number of nitrogens with zero attached hydrogens (tertiary/aromatic N) is 5. The molecular formula is C22H22N6O3S2. The van der Waals surface area contributed by atoms with E-state index in [1.165, 1.54) is 26.9 Å². The Hall–Kier alpha value is -3.57. The first-order valence-corrected chi connectivity index (χ1v) is 11.4. The fourth-order valence-electron chi connectivity index (χ4n) is 3.56. The van der Waals surface area contributed by atoms with E-state index in [0.29, 0.717) is 32.2 Å². The molecule has 0 atom stereocenters. The summed E-state index contributed by atoms with van der Waals surface area (Å²) in [6.45, 7) is 6.05. The van der Waals surface area contributed by atoms with Crippen LogP contribution in [0.15, 0.2) is 58.9 Å². The summed E-state index contributed by atoms with van der Waals surface area (Å²) in [6, 6.07) is 9.18. The minimum atomic E-state index is -0.370. The minimum absolute atomic E-state index is 0.00493. The van der Waals surface area contributed by atoms with Crippen molar-refractivity contribution in [1.82, 2.24) is 23.5 Å². The third-order valence-electron chi connectivity index (χ3n) is 5.35. The fourth-order valence-corrected chi connectivity index (χ4v) is 4.87. The van der Waals surface area contributed by atoms with Crippen LogP contribution < -0.4 is 16.4 Å². The van der Waals surface area contributed by atoms with Crippen LogP contribution in [0.25, 0.3) is 16.0 Å². The molecule has 0 aliphatic rings. The van der Waals surface area contributed by atoms with Crippen molar-refractivity contribution in [3.8, 4) is 5.69 Å². The van der Waals surface area contributed by atoms with E-state index in [4.69, 9.17) is 12.2 Å². The van der Waals surface area contributed by atoms with Gasteiger partial charge in [-0.2, -0.15) is 0 Å². The number of carbonyl (C=O) groups is 1. The van der Waals surface area contributed by atoms with E-state index in [1.54, 1.807) is 29.3 Å². The third-order valence-corrected chi connectivity index (χ3v) is 6.78. The van der Waals surface area contributed by atoms with Gasteiger partial charge in [-0.15, -0.1) is 6.58 Å². The molecule has 0 spiro atoms. The van der Waals surface area contributed by atoms with Gasteiger partial charge in [0.15, 0.2) is 9.60 Å². The number of aromatic nitrogens is 5. The number of aryl methyl sites for hydroxylation is 1. The second-order valence-corrected chi connectivity index (χ2v) is 9.04. The minimum Gasteiger partial charge on any atom is -0.320 e. The molecule has 3 aromatic heterocycles. The molecule has 33 heavy (non-hydrogen) atoms. The number of hydrogen-bond acceptors (Lipinski definition) is 6. The van der Waals surface area contributed by atoms with Gasteiger partial charge in [0.25, 0.3) is 11.1 Å². The first-order chi connectivity index (χ1) is 15.8. The zero-order valence-corrected chi connectivity index (χ0v) is 19.8. The van der Waals surface area contributed by atoms with Crippen LogP contribution >= 0.6 is 23.6 Å². The Kier molecular flexibility index (Phi) is 6.25. The number of fused-ring (bicyclic) bond motifs is 1. The maximum atomic E-state index is 13.0. The number of allylic oxidation sites excluding steroid dienone is 1. The SMILES string of the molecule is C=CCn1c(=S)sc2c(=O)n(CCC(=O)Nc3c(C)n(C)n(-c4ccccc4)c3=O)cnc21. The van der Waals surface area contributed by atoms with Crippen LogP contribution in [0.4, 0.5) is 5.69 Å². The monoisotopic (exact) mass is 482 g/mol. The van der Waals surface area contributed by atoms with Gasteiger partial charge in [-0.05, 0) is 31.3 Å². The molecule has 4 rings (SSSR count). The van der Waals surface area contributed by atoms with Crippen molar-refractivity contribution >= 4 is 45.5 Å². The number of anilines is 1. The Bertz CT molecular complexity index is 1540. The molecule has 0 saturated carbocycles. The maximum Gasteiger partial charge on any atom is 0.295 e. The van der Waals surface area contributed by atoms with Crippen molar-refractivity contribution in [2.45, 2.75) is 26.4 Å². The molecule has 9 nitrogen and oxygen atoms in total. The van der Waals surface area contributed by atoms with Gasteiger partial charge in [0.05, 0.1) is 17.7 Å². The lowest BCUT2D eigenvalue weighted by atomic mass is 10.3. The van der Waals surface area contributed by atoms with Crippen molar-refractivity contribution in [3.63, 3.8) is 0 Å². The molecule has 0 fully saturated rings. The molecule has 0 saturated heterocycles. The molecule has 11 heteroatoms. The molecule has 0 aliphatic carbocycles. The van der Waals surface area contributed by atoms with Crippen molar-refractivity contribution < 1.29 is 4.79 Å². The van der Waals surface area contributed by atoms with Crippen LogP contribution in [0.5, 0.6) is 0 Å². The van der Waals surface area contributed by atoms with E-state index in [1.807, 2.05) is 30.3 Å². The Balaban J connectivity index is 1.54. The lowest BCUT2D eigenvalue weighted by Gasteiger charge is -2.07. The molecule has 170 valence electrons. The molecule has 0 aliphatic heterocycles. The highest BCUT2D eigenvalue weighted by Gasteiger charge is 2.18. The van der Waals surface area contributed by atoms with Gasteiger partial charge >= 0.3 is 0 Å². The Morgan fingerprint density at radius 1 is 1.24 bits per heavy atom. The number of carbonyl (C=O) groups excluding carboxylic acids is 1. The van der Waals surface area contributed by atoms with Crippen LogP contribution in [-0.4, -0.2) is 29.4 Å². The Morgan fingerprint density at radius 3 is 2.67 bits per heavy atom. The number of amides is 1. The number of hydrogen-bond donors (Lipinski definition) is 1. The standard InChI is InChI=1S/C22H22N6O3S2/c1-4-11-27-19-18(33-22(27)32)21(31)26(13-23-19)12-10-16(29)24-17-14(2)25(3)28(20(17)30)15-8-6-5-7-9-15/h4-9,13H,1,10-12H2,2-3H3,(H,24,29). The number of benzene rings is 1. The van der Waals surface area contributed by atoms with E-state index >= 15 is 0 Å². The van der Waals surface area contributed by atoms with E-state index < -0.39 is 0 Å². The van der Waals surface area contributed by atoms with E-state index in [2.05, 4.69) is 16.9 Å². The van der Waals surface area contributed by atoms with E-state index in [9.17, 15) is 14.4 Å². The second kappa shape index (κ2) is 9.12. The first kappa shape index (κ1) is 22.6. The quantitative estimate of drug-likeness (QED) is 0.323. The number of rotatable bonds is 7. The predicted octanol–water partition coefficient (Wildman–Crippen LogP) is 3.00. The van der Waals surface area contributed by atoms with Gasteiger partial charge < -0.3 is 9.88 Å². The molecule has 4 aromatic rings. The van der Waals surface area contributed by atoms with Crippen LogP contribution in [0, 0.1) is 10.9 Å². The summed E-state index contributed by atoms with van der Waals surface area (Å²) in [5.41, 5.74) is 1.47. The zero-order valence-electron chi connectivity index (χ0n) is 18.1. The summed E-state index contributed by atoms with van der Waals surface area (Å²) < 4.78 is 7.29. The zero-order chi connectivity index (χ0) is 23.7. The largest absolute Gasteiger partial charge is 0.320 e. The van der Waals surface area contributed by atoms with Crippen molar-refractivity contribution in [2.24, 2.45) is 7.05 Å². The molecule has 0 radical (unpaired) electrons. The van der Waals surface area contributed by atoms with Gasteiger partial charge in [-0.3, -0.25) is 23.6 Å². The number of thiazole rings is 1. The molecular weight excluding hydrogens is 460 g/mol. The number of para-hydroxylation sites is 1. The highest BCUT2D eigenvalue weighted by molar-refractivity contribution is 7.73. The summed E-state index contributed by atoms with van der Waals surface area (Å²) >= 11 is 6.51. The van der Waals surface area contributed by atoms with E-state index in [-0.39, 0.29) is 35.7 Å². The fraction of sp³-hybridized carbons (Fsp3) is 0.227. The van der Waals surface area contributed by atoms with Crippen LogP contribution in [0.3, 0.4) is 0 Å². The summed E-state index contributed by atoms with van der Waals surface area (Å²) in [6.07, 6.45) is 3.11. The molecule has 0 bridgehead atoms. The normalized spacial score (nSPS) is 11.1. The van der Waals surface area contributed by atoms with Gasteiger partial charge in [0.1, 0.15) is 10.4 Å². The molecule has 1 amide bonds. The van der Waals surface area contributed by atoms with Gasteiger partial charge in [-0.25, -0.2) is 9.67 Å².